The number of carbonyl (C=O) groups excluding carboxylic acids is 2. The third-order valence-electron chi connectivity index (χ3n) is 5.05. The molecule has 1 aliphatic heterocycles. The number of para-hydroxylation sites is 1. The van der Waals surface area contributed by atoms with Crippen molar-refractivity contribution < 1.29 is 23.1 Å². The van der Waals surface area contributed by atoms with E-state index >= 15 is 0 Å². The van der Waals surface area contributed by atoms with Crippen LogP contribution < -0.4 is 15.0 Å². The Labute approximate surface area is 187 Å². The van der Waals surface area contributed by atoms with Crippen LogP contribution in [0.2, 0.25) is 5.02 Å². The van der Waals surface area contributed by atoms with E-state index in [0.29, 0.717) is 26.9 Å². The van der Waals surface area contributed by atoms with Gasteiger partial charge in [0.2, 0.25) is 0 Å². The lowest BCUT2D eigenvalue weighted by Crippen LogP contribution is -2.33. The highest BCUT2D eigenvalue weighted by Gasteiger charge is 2.42. The standard InChI is InChI=1S/C24H17ClF2N2O3/c1-13-7-9-15(12-17(13)25)28-22-21(16-5-3-4-6-20(16)32-2)23(30)29(24(22)31)19-11-14(26)8-10-18(19)27/h3-12,28H,1-2H3. The number of nitrogens with one attached hydrogen (secondary N) is 1. The minimum atomic E-state index is -0.910. The largest absolute Gasteiger partial charge is 0.496 e. The van der Waals surface area contributed by atoms with Crippen LogP contribution in [0.25, 0.3) is 5.57 Å². The fourth-order valence-electron chi connectivity index (χ4n) is 3.44. The van der Waals surface area contributed by atoms with Crippen LogP contribution >= 0.6 is 11.6 Å². The maximum Gasteiger partial charge on any atom is 0.282 e. The lowest BCUT2D eigenvalue weighted by molar-refractivity contribution is -0.120. The normalized spacial score (nSPS) is 13.7. The number of rotatable bonds is 5. The van der Waals surface area contributed by atoms with Gasteiger partial charge in [0.15, 0.2) is 0 Å². The topological polar surface area (TPSA) is 58.6 Å². The molecule has 1 N–H and O–H groups in total. The number of carbonyl (C=O) groups is 2. The third kappa shape index (κ3) is 3.71. The van der Waals surface area contributed by atoms with Crippen LogP contribution in [0.4, 0.5) is 20.2 Å². The second-order valence-corrected chi connectivity index (χ2v) is 7.49. The Hall–Kier alpha value is -3.71. The second-order valence-electron chi connectivity index (χ2n) is 7.08. The maximum absolute atomic E-state index is 14.5. The number of methoxy groups -OCH3 is 1. The van der Waals surface area contributed by atoms with Gasteiger partial charge >= 0.3 is 0 Å². The smallest absolute Gasteiger partial charge is 0.282 e. The Kier molecular flexibility index (Phi) is 5.67. The van der Waals surface area contributed by atoms with Crippen LogP contribution in [0, 0.1) is 18.6 Å². The van der Waals surface area contributed by atoms with Crippen molar-refractivity contribution in [1.82, 2.24) is 0 Å². The van der Waals surface area contributed by atoms with Crippen molar-refractivity contribution in [2.75, 3.05) is 17.3 Å². The highest BCUT2D eigenvalue weighted by molar-refractivity contribution is 6.46. The summed E-state index contributed by atoms with van der Waals surface area (Å²) in [6.07, 6.45) is 0. The molecule has 0 aliphatic carbocycles. The molecule has 3 aromatic carbocycles. The minimum absolute atomic E-state index is 0.0344. The molecule has 0 saturated heterocycles. The summed E-state index contributed by atoms with van der Waals surface area (Å²) in [5.41, 5.74) is 0.981. The molecule has 0 aromatic heterocycles. The first-order valence-electron chi connectivity index (χ1n) is 9.56. The van der Waals surface area contributed by atoms with Crippen LogP contribution in [0.3, 0.4) is 0 Å². The van der Waals surface area contributed by atoms with E-state index in [1.807, 2.05) is 6.92 Å². The Morgan fingerprint density at radius 2 is 1.72 bits per heavy atom. The zero-order valence-electron chi connectivity index (χ0n) is 17.1. The van der Waals surface area contributed by atoms with E-state index in [4.69, 9.17) is 16.3 Å². The van der Waals surface area contributed by atoms with Crippen LogP contribution in [0.5, 0.6) is 5.75 Å². The molecular weight excluding hydrogens is 438 g/mol. The molecule has 5 nitrogen and oxygen atoms in total. The average Bonchev–Trinajstić information content (AvgIpc) is 3.01. The van der Waals surface area contributed by atoms with E-state index in [9.17, 15) is 18.4 Å². The number of aryl methyl sites for hydroxylation is 1. The summed E-state index contributed by atoms with van der Waals surface area (Å²) in [5.74, 6) is -3.01. The lowest BCUT2D eigenvalue weighted by Gasteiger charge is -2.16. The summed E-state index contributed by atoms with van der Waals surface area (Å²) in [5, 5.41) is 3.39. The number of hydrogen-bond acceptors (Lipinski definition) is 4. The van der Waals surface area contributed by atoms with Gasteiger partial charge in [-0.1, -0.05) is 35.9 Å². The molecule has 0 atom stereocenters. The van der Waals surface area contributed by atoms with Crippen molar-refractivity contribution in [3.05, 3.63) is 94.1 Å². The van der Waals surface area contributed by atoms with Gasteiger partial charge in [0, 0.05) is 22.3 Å². The van der Waals surface area contributed by atoms with E-state index in [1.165, 1.54) is 7.11 Å². The summed E-state index contributed by atoms with van der Waals surface area (Å²) >= 11 is 6.20. The molecule has 0 fully saturated rings. The van der Waals surface area contributed by atoms with E-state index in [-0.39, 0.29) is 11.3 Å². The molecule has 162 valence electrons. The molecule has 0 saturated carbocycles. The zero-order valence-corrected chi connectivity index (χ0v) is 17.8. The maximum atomic E-state index is 14.5. The van der Waals surface area contributed by atoms with Gasteiger partial charge in [-0.05, 0) is 42.8 Å². The van der Waals surface area contributed by atoms with E-state index in [1.54, 1.807) is 42.5 Å². The van der Waals surface area contributed by atoms with Gasteiger partial charge in [0.05, 0.1) is 18.4 Å². The Morgan fingerprint density at radius 1 is 0.969 bits per heavy atom. The van der Waals surface area contributed by atoms with Crippen molar-refractivity contribution in [3.8, 4) is 5.75 Å². The highest BCUT2D eigenvalue weighted by Crippen LogP contribution is 2.38. The van der Waals surface area contributed by atoms with E-state index < -0.39 is 29.1 Å². The monoisotopic (exact) mass is 454 g/mol. The van der Waals surface area contributed by atoms with E-state index in [2.05, 4.69) is 5.32 Å². The van der Waals surface area contributed by atoms with Crippen LogP contribution in [-0.2, 0) is 9.59 Å². The summed E-state index contributed by atoms with van der Waals surface area (Å²) in [6.45, 7) is 1.82. The molecule has 2 amide bonds. The van der Waals surface area contributed by atoms with Gasteiger partial charge in [0.25, 0.3) is 11.8 Å². The SMILES string of the molecule is COc1ccccc1C1=C(Nc2ccc(C)c(Cl)c2)C(=O)N(c2cc(F)ccc2F)C1=O. The van der Waals surface area contributed by atoms with Crippen molar-refractivity contribution in [1.29, 1.82) is 0 Å². The lowest BCUT2D eigenvalue weighted by atomic mass is 10.0. The zero-order chi connectivity index (χ0) is 23.0. The first-order valence-corrected chi connectivity index (χ1v) is 9.94. The van der Waals surface area contributed by atoms with Gasteiger partial charge in [-0.15, -0.1) is 0 Å². The molecule has 0 unspecified atom stereocenters. The average molecular weight is 455 g/mol. The molecule has 0 spiro atoms. The van der Waals surface area contributed by atoms with Gasteiger partial charge in [-0.3, -0.25) is 9.59 Å². The number of amides is 2. The fourth-order valence-corrected chi connectivity index (χ4v) is 3.62. The Bertz CT molecular complexity index is 1290. The van der Waals surface area contributed by atoms with Crippen LogP contribution in [0.1, 0.15) is 11.1 Å². The number of anilines is 2. The van der Waals surface area contributed by atoms with Gasteiger partial charge in [-0.25, -0.2) is 13.7 Å². The van der Waals surface area contributed by atoms with Crippen molar-refractivity contribution in [2.45, 2.75) is 6.92 Å². The summed E-state index contributed by atoms with van der Waals surface area (Å²) < 4.78 is 33.7. The number of imide groups is 1. The molecule has 8 heteroatoms. The predicted molar refractivity (Wildman–Crippen MR) is 119 cm³/mol. The molecule has 0 bridgehead atoms. The first kappa shape index (κ1) is 21.5. The molecular formula is C24H17ClF2N2O3. The Balaban J connectivity index is 1.89. The third-order valence-corrected chi connectivity index (χ3v) is 5.46. The summed E-state index contributed by atoms with van der Waals surface area (Å²) in [6, 6.07) is 14.2. The molecule has 4 rings (SSSR count). The first-order chi connectivity index (χ1) is 15.3. The number of hydrogen-bond donors (Lipinski definition) is 1. The van der Waals surface area contributed by atoms with Crippen molar-refractivity contribution in [3.63, 3.8) is 0 Å². The minimum Gasteiger partial charge on any atom is -0.496 e. The van der Waals surface area contributed by atoms with E-state index in [0.717, 1.165) is 23.8 Å². The quantitative estimate of drug-likeness (QED) is 0.529. The predicted octanol–water partition coefficient (Wildman–Crippen LogP) is 5.33. The second kappa shape index (κ2) is 8.43. The number of nitrogens with zero attached hydrogens (tertiary/aromatic N) is 1. The Morgan fingerprint density at radius 3 is 2.44 bits per heavy atom. The number of ether oxygens (including phenoxy) is 1. The molecule has 32 heavy (non-hydrogen) atoms. The molecule has 3 aromatic rings. The molecule has 1 heterocycles. The highest BCUT2D eigenvalue weighted by atomic mass is 35.5. The van der Waals surface area contributed by atoms with Gasteiger partial charge in [-0.2, -0.15) is 0 Å². The van der Waals surface area contributed by atoms with Gasteiger partial charge in [0.1, 0.15) is 23.1 Å². The fraction of sp³-hybridized carbons (Fsp3) is 0.0833. The van der Waals surface area contributed by atoms with Gasteiger partial charge < -0.3 is 10.1 Å². The summed E-state index contributed by atoms with van der Waals surface area (Å²) in [7, 11) is 1.43. The van der Waals surface area contributed by atoms with Crippen molar-refractivity contribution >= 4 is 40.4 Å². The molecule has 1 aliphatic rings. The van der Waals surface area contributed by atoms with Crippen molar-refractivity contribution in [2.24, 2.45) is 0 Å². The summed E-state index contributed by atoms with van der Waals surface area (Å²) in [4.78, 5) is 27.4. The number of benzene rings is 3. The number of halogens is 3. The van der Waals surface area contributed by atoms with Crippen LogP contribution in [-0.4, -0.2) is 18.9 Å². The van der Waals surface area contributed by atoms with Crippen LogP contribution in [0.15, 0.2) is 66.4 Å². The molecule has 0 radical (unpaired) electrons.